The Morgan fingerprint density at radius 3 is 2.70 bits per heavy atom. The number of carbonyl (C=O) groups is 1. The molecule has 2 bridgehead atoms. The fraction of sp³-hybridized carbons (Fsp3) is 0.950. The number of rotatable bonds is 8. The quantitative estimate of drug-likeness (QED) is 0.504. The molecular weight excluding hydrogens is 345 g/mol. The average molecular weight is 381 g/mol. The zero-order valence-electron chi connectivity index (χ0n) is 17.7. The molecule has 0 aromatic carbocycles. The van der Waals surface area contributed by atoms with E-state index in [0.29, 0.717) is 31.6 Å². The Bertz CT molecular complexity index is 531. The smallest absolute Gasteiger partial charge is 0.255 e. The van der Waals surface area contributed by atoms with Crippen molar-refractivity contribution in [3.63, 3.8) is 0 Å². The van der Waals surface area contributed by atoms with Crippen LogP contribution in [0.3, 0.4) is 0 Å². The van der Waals surface area contributed by atoms with Crippen molar-refractivity contribution in [2.24, 2.45) is 17.8 Å². The summed E-state index contributed by atoms with van der Waals surface area (Å²) < 4.78 is 24.0. The molecule has 3 fully saturated rings. The number of ether oxygens (including phenoxy) is 4. The van der Waals surface area contributed by atoms with Crippen LogP contribution in [0.25, 0.3) is 0 Å². The second kappa shape index (κ2) is 8.40. The second-order valence-electron chi connectivity index (χ2n) is 9.27. The third kappa shape index (κ3) is 4.21. The van der Waals surface area contributed by atoms with Gasteiger partial charge in [-0.25, -0.2) is 0 Å². The molecule has 3 rings (SSSR count). The van der Waals surface area contributed by atoms with Crippen LogP contribution in [0.5, 0.6) is 0 Å². The molecule has 154 valence electrons. The lowest BCUT2D eigenvalue weighted by atomic mass is 9.79. The van der Waals surface area contributed by atoms with Gasteiger partial charge in [0, 0.05) is 18.5 Å². The normalized spacial score (nSPS) is 41.0. The van der Waals surface area contributed by atoms with Crippen LogP contribution in [-0.2, 0) is 23.7 Å². The van der Waals surface area contributed by atoms with Crippen molar-refractivity contribution in [2.45, 2.75) is 83.5 Å². The van der Waals surface area contributed by atoms with Gasteiger partial charge in [-0.1, -0.05) is 27.7 Å². The Morgan fingerprint density at radius 1 is 1.33 bits per heavy atom. The van der Waals surface area contributed by atoms with Crippen LogP contribution in [0.4, 0.5) is 0 Å². The summed E-state index contributed by atoms with van der Waals surface area (Å²) in [6, 6.07) is 0.236. The van der Waals surface area contributed by atoms with E-state index in [1.807, 2.05) is 6.92 Å². The van der Waals surface area contributed by atoms with E-state index in [1.165, 1.54) is 0 Å². The van der Waals surface area contributed by atoms with Gasteiger partial charge in [-0.3, -0.25) is 4.79 Å². The number of fused-ring (bicyclic) bond motifs is 2. The standard InChI is InChI=1S/C20H36BNO5/c1-11(2)8-15-14(9-16(21)26-15)24-7-6-22-19(23)20-10-25-18(13(5)27-20)17(20)12(3)4/h11-18H,6-10,21H2,1-5H3,(H,22,23)/t13-,14?,15+,16+,17?,18+,20+/m0/s1. The molecule has 1 N–H and O–H groups in total. The summed E-state index contributed by atoms with van der Waals surface area (Å²) in [7, 11) is 2.10. The molecule has 3 saturated heterocycles. The Hall–Kier alpha value is -0.625. The molecule has 2 unspecified atom stereocenters. The van der Waals surface area contributed by atoms with Crippen molar-refractivity contribution in [3.8, 4) is 0 Å². The van der Waals surface area contributed by atoms with E-state index < -0.39 is 5.60 Å². The lowest BCUT2D eigenvalue weighted by Crippen LogP contribution is -2.54. The number of hydrogen-bond donors (Lipinski definition) is 1. The number of hydrogen-bond acceptors (Lipinski definition) is 5. The molecule has 1 amide bonds. The fourth-order valence-electron chi connectivity index (χ4n) is 5.10. The Kier molecular flexibility index (Phi) is 6.56. The van der Waals surface area contributed by atoms with Crippen LogP contribution in [0.2, 0.25) is 0 Å². The summed E-state index contributed by atoms with van der Waals surface area (Å²) in [5.41, 5.74) is -0.844. The van der Waals surface area contributed by atoms with Crippen LogP contribution in [0.1, 0.15) is 47.5 Å². The predicted octanol–water partition coefficient (Wildman–Crippen LogP) is 1.11. The molecule has 0 spiro atoms. The average Bonchev–Trinajstić information content (AvgIpc) is 3.20. The topological polar surface area (TPSA) is 66.0 Å². The molecule has 3 aliphatic heterocycles. The molecular formula is C20H36BNO5. The van der Waals surface area contributed by atoms with E-state index >= 15 is 0 Å². The molecule has 6 nitrogen and oxygen atoms in total. The summed E-state index contributed by atoms with van der Waals surface area (Å²) in [5, 5.41) is 3.03. The first-order valence-electron chi connectivity index (χ1n) is 10.6. The van der Waals surface area contributed by atoms with E-state index in [4.69, 9.17) is 18.9 Å². The maximum Gasteiger partial charge on any atom is 0.255 e. The molecule has 3 heterocycles. The van der Waals surface area contributed by atoms with Crippen LogP contribution in [0.15, 0.2) is 0 Å². The van der Waals surface area contributed by atoms with E-state index in [9.17, 15) is 4.79 Å². The zero-order chi connectivity index (χ0) is 19.8. The lowest BCUT2D eigenvalue weighted by Gasteiger charge is -2.31. The van der Waals surface area contributed by atoms with Gasteiger partial charge in [0.1, 0.15) is 7.85 Å². The van der Waals surface area contributed by atoms with Crippen molar-refractivity contribution >= 4 is 13.8 Å². The second-order valence-corrected chi connectivity index (χ2v) is 9.27. The Labute approximate surface area is 164 Å². The minimum atomic E-state index is -0.844. The highest BCUT2D eigenvalue weighted by atomic mass is 16.6. The van der Waals surface area contributed by atoms with Gasteiger partial charge in [-0.2, -0.15) is 0 Å². The summed E-state index contributed by atoms with van der Waals surface area (Å²) >= 11 is 0. The van der Waals surface area contributed by atoms with Gasteiger partial charge in [-0.15, -0.1) is 0 Å². The van der Waals surface area contributed by atoms with Crippen molar-refractivity contribution in [2.75, 3.05) is 19.8 Å². The van der Waals surface area contributed by atoms with Crippen molar-refractivity contribution in [1.29, 1.82) is 0 Å². The van der Waals surface area contributed by atoms with Gasteiger partial charge < -0.3 is 24.3 Å². The highest BCUT2D eigenvalue weighted by Gasteiger charge is 2.64. The summed E-state index contributed by atoms with van der Waals surface area (Å²) in [4.78, 5) is 12.9. The lowest BCUT2D eigenvalue weighted by molar-refractivity contribution is -0.167. The summed E-state index contributed by atoms with van der Waals surface area (Å²) in [5.74, 6) is 0.952. The highest BCUT2D eigenvalue weighted by Crippen LogP contribution is 2.48. The fourth-order valence-corrected chi connectivity index (χ4v) is 5.10. The van der Waals surface area contributed by atoms with Gasteiger partial charge >= 0.3 is 0 Å². The summed E-state index contributed by atoms with van der Waals surface area (Å²) in [6.45, 7) is 12.0. The van der Waals surface area contributed by atoms with Crippen LogP contribution >= 0.6 is 0 Å². The van der Waals surface area contributed by atoms with Crippen molar-refractivity contribution < 1.29 is 23.7 Å². The number of carbonyl (C=O) groups excluding carboxylic acids is 1. The SMILES string of the molecule is B[C@H]1CC(OCCNC(=O)[C@@]23CO[C@@H](C2C(C)C)[C@H](C)O3)[C@@H](CC(C)C)O1. The zero-order valence-corrected chi connectivity index (χ0v) is 17.7. The third-order valence-electron chi connectivity index (χ3n) is 6.15. The first-order chi connectivity index (χ1) is 12.7. The minimum Gasteiger partial charge on any atom is -0.381 e. The van der Waals surface area contributed by atoms with E-state index in [-0.39, 0.29) is 42.2 Å². The molecule has 27 heavy (non-hydrogen) atoms. The maximum absolute atomic E-state index is 12.9. The molecule has 0 radical (unpaired) electrons. The van der Waals surface area contributed by atoms with Crippen molar-refractivity contribution in [1.82, 2.24) is 5.32 Å². The first-order valence-corrected chi connectivity index (χ1v) is 10.6. The molecule has 0 aliphatic carbocycles. The molecule has 7 heteroatoms. The van der Waals surface area contributed by atoms with Crippen molar-refractivity contribution in [3.05, 3.63) is 0 Å². The van der Waals surface area contributed by atoms with Crippen LogP contribution in [-0.4, -0.2) is 69.5 Å². The van der Waals surface area contributed by atoms with Gasteiger partial charge in [0.05, 0.1) is 37.6 Å². The number of amides is 1. The maximum atomic E-state index is 12.9. The molecule has 0 aromatic rings. The van der Waals surface area contributed by atoms with Crippen LogP contribution in [0, 0.1) is 17.8 Å². The van der Waals surface area contributed by atoms with E-state index in [2.05, 4.69) is 40.9 Å². The number of nitrogens with one attached hydrogen (secondary N) is 1. The largest absolute Gasteiger partial charge is 0.381 e. The van der Waals surface area contributed by atoms with Gasteiger partial charge in [0.15, 0.2) is 5.60 Å². The van der Waals surface area contributed by atoms with Gasteiger partial charge in [0.25, 0.3) is 5.91 Å². The molecule has 3 aliphatic rings. The predicted molar refractivity (Wildman–Crippen MR) is 105 cm³/mol. The monoisotopic (exact) mass is 381 g/mol. The van der Waals surface area contributed by atoms with Crippen LogP contribution < -0.4 is 5.32 Å². The van der Waals surface area contributed by atoms with E-state index in [0.717, 1.165) is 12.8 Å². The Morgan fingerprint density at radius 2 is 2.07 bits per heavy atom. The minimum absolute atomic E-state index is 0.0147. The molecule has 0 aromatic heterocycles. The highest BCUT2D eigenvalue weighted by molar-refractivity contribution is 6.11. The van der Waals surface area contributed by atoms with E-state index in [1.54, 1.807) is 0 Å². The third-order valence-corrected chi connectivity index (χ3v) is 6.15. The summed E-state index contributed by atoms with van der Waals surface area (Å²) in [6.07, 6.45) is 2.17. The van der Waals surface area contributed by atoms with Gasteiger partial charge in [0.2, 0.25) is 0 Å². The Balaban J connectivity index is 1.48. The first kappa shape index (κ1) is 21.1. The van der Waals surface area contributed by atoms with Gasteiger partial charge in [-0.05, 0) is 31.6 Å². The molecule has 0 saturated carbocycles. The molecule has 7 atom stereocenters.